The van der Waals surface area contributed by atoms with Gasteiger partial charge >= 0.3 is 30.6 Å². The quantitative estimate of drug-likeness (QED) is 0.325. The van der Waals surface area contributed by atoms with E-state index < -0.39 is 42.2 Å². The summed E-state index contributed by atoms with van der Waals surface area (Å²) in [5.41, 5.74) is -0.0469. The van der Waals surface area contributed by atoms with Gasteiger partial charge in [-0.3, -0.25) is 9.11 Å². The van der Waals surface area contributed by atoms with Gasteiger partial charge in [-0.25, -0.2) is 18.4 Å². The molecular weight excluding hydrogens is 537 g/mol. The monoisotopic (exact) mass is 554 g/mol. The van der Waals surface area contributed by atoms with Gasteiger partial charge in [0.25, 0.3) is 0 Å². The molecule has 0 bridgehead atoms. The first-order valence-electron chi connectivity index (χ1n) is 8.09. The Kier molecular flexibility index (Phi) is 16.2. The SMILES string of the molecule is CCOC(=O)c1ccccc1F.COC(=O)c1ccccc1F.O=S(=O)(O)Cl.O=S(=O)(O)Cl. The molecule has 10 nitrogen and oxygen atoms in total. The van der Waals surface area contributed by atoms with E-state index in [4.69, 9.17) is 25.9 Å². The highest BCUT2D eigenvalue weighted by Crippen LogP contribution is 2.07. The lowest BCUT2D eigenvalue weighted by Crippen LogP contribution is -2.06. The van der Waals surface area contributed by atoms with Crippen LogP contribution in [0.1, 0.15) is 27.6 Å². The van der Waals surface area contributed by atoms with Gasteiger partial charge in [0, 0.05) is 21.4 Å². The summed E-state index contributed by atoms with van der Waals surface area (Å²) in [6, 6.07) is 11.4. The summed E-state index contributed by atoms with van der Waals surface area (Å²) in [6.07, 6.45) is 0. The van der Waals surface area contributed by atoms with Crippen molar-refractivity contribution < 1.29 is 53.8 Å². The number of carbonyl (C=O) groups excluding carboxylic acids is 2. The Hall–Kier alpha value is -2.36. The van der Waals surface area contributed by atoms with Crippen LogP contribution in [0.3, 0.4) is 0 Å². The highest BCUT2D eigenvalue weighted by molar-refractivity contribution is 8.09. The second-order valence-electron chi connectivity index (χ2n) is 5.00. The summed E-state index contributed by atoms with van der Waals surface area (Å²) in [5.74, 6) is -2.37. The molecule has 0 atom stereocenters. The minimum absolute atomic E-state index is 0.0145. The second kappa shape index (κ2) is 16.3. The number of benzene rings is 2. The minimum atomic E-state index is -4.19. The lowest BCUT2D eigenvalue weighted by molar-refractivity contribution is 0.0519. The van der Waals surface area contributed by atoms with Gasteiger partial charge in [0.2, 0.25) is 0 Å². The molecule has 0 amide bonds. The van der Waals surface area contributed by atoms with E-state index in [-0.39, 0.29) is 17.7 Å². The summed E-state index contributed by atoms with van der Waals surface area (Å²) in [5, 5.41) is 0. The molecule has 0 aliphatic heterocycles. The van der Waals surface area contributed by atoms with Crippen LogP contribution in [-0.4, -0.2) is 51.6 Å². The van der Waals surface area contributed by atoms with E-state index in [9.17, 15) is 18.4 Å². The third kappa shape index (κ3) is 21.3. The molecule has 2 aromatic rings. The Bertz CT molecular complexity index is 1060. The Labute approximate surface area is 197 Å². The molecule has 0 aromatic heterocycles. The fourth-order valence-electron chi connectivity index (χ4n) is 1.57. The molecular formula is C17H18Cl2F2O10S2. The Morgan fingerprint density at radius 1 is 0.818 bits per heavy atom. The lowest BCUT2D eigenvalue weighted by atomic mass is 10.2. The van der Waals surface area contributed by atoms with Gasteiger partial charge in [-0.2, -0.15) is 16.8 Å². The summed E-state index contributed by atoms with van der Waals surface area (Å²) in [6.45, 7) is 1.94. The molecule has 0 saturated carbocycles. The average molecular weight is 555 g/mol. The van der Waals surface area contributed by atoms with Crippen LogP contribution >= 0.6 is 21.4 Å². The topological polar surface area (TPSA) is 161 Å². The van der Waals surface area contributed by atoms with Crippen LogP contribution in [0.15, 0.2) is 48.5 Å². The van der Waals surface area contributed by atoms with Crippen molar-refractivity contribution >= 4 is 52.0 Å². The number of hydrogen-bond acceptors (Lipinski definition) is 8. The molecule has 0 unspecified atom stereocenters. The summed E-state index contributed by atoms with van der Waals surface area (Å²) in [7, 11) is 0.944. The van der Waals surface area contributed by atoms with Crippen molar-refractivity contribution in [2.24, 2.45) is 0 Å². The molecule has 0 saturated heterocycles. The average Bonchev–Trinajstić information content (AvgIpc) is 2.66. The molecule has 2 N–H and O–H groups in total. The van der Waals surface area contributed by atoms with Gasteiger partial charge in [-0.1, -0.05) is 24.3 Å². The molecule has 33 heavy (non-hydrogen) atoms. The predicted octanol–water partition coefficient (Wildman–Crippen LogP) is 3.67. The Morgan fingerprint density at radius 3 is 1.39 bits per heavy atom. The molecule has 0 spiro atoms. The fourth-order valence-corrected chi connectivity index (χ4v) is 1.57. The van der Waals surface area contributed by atoms with E-state index in [1.165, 1.54) is 43.5 Å². The zero-order chi connectivity index (χ0) is 26.2. The molecule has 186 valence electrons. The third-order valence-corrected chi connectivity index (χ3v) is 2.65. The van der Waals surface area contributed by atoms with E-state index in [1.54, 1.807) is 19.1 Å². The van der Waals surface area contributed by atoms with Crippen molar-refractivity contribution in [2.45, 2.75) is 6.92 Å². The van der Waals surface area contributed by atoms with Gasteiger partial charge in [-0.15, -0.1) is 0 Å². The van der Waals surface area contributed by atoms with Crippen LogP contribution in [0.25, 0.3) is 0 Å². The molecule has 0 fully saturated rings. The number of esters is 2. The van der Waals surface area contributed by atoms with E-state index in [1.807, 2.05) is 0 Å². The Balaban J connectivity index is 0. The summed E-state index contributed by atoms with van der Waals surface area (Å²) >= 11 is 0. The van der Waals surface area contributed by atoms with Crippen molar-refractivity contribution in [1.82, 2.24) is 0 Å². The molecule has 2 rings (SSSR count). The number of methoxy groups -OCH3 is 1. The van der Waals surface area contributed by atoms with Crippen LogP contribution in [0.2, 0.25) is 0 Å². The van der Waals surface area contributed by atoms with Gasteiger partial charge in [0.05, 0.1) is 24.8 Å². The maximum atomic E-state index is 12.9. The van der Waals surface area contributed by atoms with E-state index >= 15 is 0 Å². The summed E-state index contributed by atoms with van der Waals surface area (Å²) in [4.78, 5) is 21.8. The molecule has 2 aromatic carbocycles. The normalized spacial score (nSPS) is 10.1. The van der Waals surface area contributed by atoms with E-state index in [2.05, 4.69) is 30.8 Å². The van der Waals surface area contributed by atoms with Gasteiger partial charge < -0.3 is 9.47 Å². The minimum Gasteiger partial charge on any atom is -0.465 e. The number of ether oxygens (including phenoxy) is 2. The van der Waals surface area contributed by atoms with Crippen molar-refractivity contribution in [3.8, 4) is 0 Å². The fraction of sp³-hybridized carbons (Fsp3) is 0.176. The molecule has 0 aliphatic carbocycles. The smallest absolute Gasteiger partial charge is 0.353 e. The lowest BCUT2D eigenvalue weighted by Gasteiger charge is -2.01. The number of carbonyl (C=O) groups is 2. The largest absolute Gasteiger partial charge is 0.465 e. The maximum absolute atomic E-state index is 12.9. The standard InChI is InChI=1S/C9H9FO2.C8H7FO2.2ClHO3S/c1-2-12-9(11)7-5-3-4-6-8(7)10;1-11-8(10)6-4-2-3-5-7(6)9;2*1-5(2,3)4/h3-6H,2H2,1H3;2-5H,1H3;2*(H,2,3,4). The highest BCUT2D eigenvalue weighted by Gasteiger charge is 2.10. The Morgan fingerprint density at radius 2 is 1.12 bits per heavy atom. The van der Waals surface area contributed by atoms with Crippen LogP contribution in [-0.2, 0) is 28.1 Å². The zero-order valence-corrected chi connectivity index (χ0v) is 20.0. The third-order valence-electron chi connectivity index (χ3n) is 2.65. The van der Waals surface area contributed by atoms with E-state index in [0.29, 0.717) is 0 Å². The zero-order valence-electron chi connectivity index (χ0n) is 16.8. The molecule has 16 heteroatoms. The first kappa shape index (κ1) is 32.8. The van der Waals surface area contributed by atoms with Crippen molar-refractivity contribution in [2.75, 3.05) is 13.7 Å². The van der Waals surface area contributed by atoms with Crippen LogP contribution < -0.4 is 0 Å². The van der Waals surface area contributed by atoms with Crippen LogP contribution in [0, 0.1) is 11.6 Å². The predicted molar refractivity (Wildman–Crippen MR) is 115 cm³/mol. The molecule has 0 aliphatic rings. The first-order valence-corrected chi connectivity index (χ1v) is 12.6. The van der Waals surface area contributed by atoms with Crippen molar-refractivity contribution in [3.05, 3.63) is 71.3 Å². The molecule has 0 radical (unpaired) electrons. The van der Waals surface area contributed by atoms with Gasteiger partial charge in [0.15, 0.2) is 0 Å². The summed E-state index contributed by atoms with van der Waals surface area (Å²) < 4.78 is 84.9. The van der Waals surface area contributed by atoms with Gasteiger partial charge in [0.1, 0.15) is 11.6 Å². The van der Waals surface area contributed by atoms with Crippen molar-refractivity contribution in [1.29, 1.82) is 0 Å². The van der Waals surface area contributed by atoms with E-state index in [0.717, 1.165) is 0 Å². The molecule has 0 heterocycles. The van der Waals surface area contributed by atoms with Crippen molar-refractivity contribution in [3.63, 3.8) is 0 Å². The second-order valence-corrected chi connectivity index (χ2v) is 8.98. The number of halogens is 4. The maximum Gasteiger partial charge on any atom is 0.353 e. The van der Waals surface area contributed by atoms with Gasteiger partial charge in [-0.05, 0) is 31.2 Å². The van der Waals surface area contributed by atoms with Crippen LogP contribution in [0.5, 0.6) is 0 Å². The highest BCUT2D eigenvalue weighted by atomic mass is 35.7. The van der Waals surface area contributed by atoms with Crippen LogP contribution in [0.4, 0.5) is 8.78 Å². The number of hydrogen-bond donors (Lipinski definition) is 2. The first-order chi connectivity index (χ1) is 15.0. The number of rotatable bonds is 3.